The van der Waals surface area contributed by atoms with Crippen LogP contribution in [0.3, 0.4) is 0 Å². The topological polar surface area (TPSA) is 41.2 Å². The Morgan fingerprint density at radius 2 is 1.83 bits per heavy atom. The number of ether oxygens (including phenoxy) is 1. The quantitative estimate of drug-likeness (QED) is 0.703. The van der Waals surface area contributed by atoms with Crippen LogP contribution in [0, 0.1) is 11.8 Å². The van der Waals surface area contributed by atoms with Gasteiger partial charge in [-0.15, -0.1) is 0 Å². The first kappa shape index (κ1) is 13.9. The van der Waals surface area contributed by atoms with Crippen LogP contribution in [0.1, 0.15) is 11.1 Å². The minimum atomic E-state index is 0.802. The van der Waals surface area contributed by atoms with Gasteiger partial charge in [0.25, 0.3) is 0 Å². The van der Waals surface area contributed by atoms with Crippen molar-refractivity contribution >= 4 is 16.7 Å². The van der Waals surface area contributed by atoms with Gasteiger partial charge in [0.15, 0.2) is 0 Å². The highest BCUT2D eigenvalue weighted by atomic mass is 16.5. The number of aromatic nitrogens is 2. The Hall–Kier alpha value is -2.77. The first-order valence-corrected chi connectivity index (χ1v) is 7.77. The predicted octanol–water partition coefficient (Wildman–Crippen LogP) is 2.80. The second kappa shape index (κ2) is 6.15. The molecule has 1 aliphatic heterocycles. The molecule has 3 aromatic rings. The number of rotatable bonds is 1. The molecule has 4 heteroatoms. The highest BCUT2D eigenvalue weighted by molar-refractivity contribution is 5.82. The van der Waals surface area contributed by atoms with E-state index in [9.17, 15) is 0 Å². The van der Waals surface area contributed by atoms with Gasteiger partial charge in [0.1, 0.15) is 5.65 Å². The van der Waals surface area contributed by atoms with Crippen molar-refractivity contribution in [3.63, 3.8) is 0 Å². The number of pyridine rings is 1. The van der Waals surface area contributed by atoms with Crippen LogP contribution in [0.25, 0.3) is 11.0 Å². The molecule has 0 radical (unpaired) electrons. The number of hydrogen-bond donors (Lipinski definition) is 1. The number of H-pyrrole nitrogens is 1. The molecule has 1 fully saturated rings. The molecule has 4 nitrogen and oxygen atoms in total. The standard InChI is InChI=1S/C19H17N3O/c1(4-16-7-9-20-19-18(16)8-10-21-19)15-2-5-17(6-3-15)22-11-13-23-14-12-22/h2-3,5-10H,11-14H2,(H,20,21). The van der Waals surface area contributed by atoms with Crippen molar-refractivity contribution < 1.29 is 4.74 Å². The molecule has 1 N–H and O–H groups in total. The third-order valence-corrected chi connectivity index (χ3v) is 4.05. The van der Waals surface area contributed by atoms with Crippen molar-refractivity contribution in [3.8, 4) is 11.8 Å². The van der Waals surface area contributed by atoms with Gasteiger partial charge in [-0.1, -0.05) is 11.8 Å². The second-order valence-electron chi connectivity index (χ2n) is 5.49. The highest BCUT2D eigenvalue weighted by Gasteiger charge is 2.10. The monoisotopic (exact) mass is 303 g/mol. The van der Waals surface area contributed by atoms with Crippen molar-refractivity contribution in [3.05, 3.63) is 59.9 Å². The minimum Gasteiger partial charge on any atom is -0.378 e. The Balaban J connectivity index is 1.56. The van der Waals surface area contributed by atoms with Gasteiger partial charge in [0, 0.05) is 47.7 Å². The largest absolute Gasteiger partial charge is 0.378 e. The zero-order chi connectivity index (χ0) is 15.5. The summed E-state index contributed by atoms with van der Waals surface area (Å²) in [5.74, 6) is 6.48. The lowest BCUT2D eigenvalue weighted by Gasteiger charge is -2.28. The summed E-state index contributed by atoms with van der Waals surface area (Å²) in [6, 6.07) is 12.4. The summed E-state index contributed by atoms with van der Waals surface area (Å²) in [4.78, 5) is 9.73. The van der Waals surface area contributed by atoms with Crippen LogP contribution in [0.5, 0.6) is 0 Å². The molecule has 0 bridgehead atoms. The maximum Gasteiger partial charge on any atom is 0.138 e. The molecule has 0 unspecified atom stereocenters. The summed E-state index contributed by atoms with van der Waals surface area (Å²) in [5.41, 5.74) is 4.12. The third-order valence-electron chi connectivity index (χ3n) is 4.05. The van der Waals surface area contributed by atoms with E-state index in [0.29, 0.717) is 0 Å². The first-order chi connectivity index (χ1) is 11.4. The van der Waals surface area contributed by atoms with Gasteiger partial charge in [0.05, 0.1) is 13.2 Å². The van der Waals surface area contributed by atoms with Crippen LogP contribution in [0.2, 0.25) is 0 Å². The molecule has 114 valence electrons. The van der Waals surface area contributed by atoms with Crippen molar-refractivity contribution in [2.75, 3.05) is 31.2 Å². The fourth-order valence-electron chi connectivity index (χ4n) is 2.79. The Labute approximate surface area is 135 Å². The molecular weight excluding hydrogens is 286 g/mol. The molecule has 0 saturated carbocycles. The molecule has 3 heterocycles. The molecule has 1 aromatic carbocycles. The number of fused-ring (bicyclic) bond motifs is 1. The zero-order valence-electron chi connectivity index (χ0n) is 12.7. The van der Waals surface area contributed by atoms with Gasteiger partial charge in [-0.05, 0) is 36.4 Å². The molecular formula is C19H17N3O. The van der Waals surface area contributed by atoms with Crippen LogP contribution in [0.4, 0.5) is 5.69 Å². The lowest BCUT2D eigenvalue weighted by Crippen LogP contribution is -2.36. The fourth-order valence-corrected chi connectivity index (χ4v) is 2.79. The molecule has 0 aliphatic carbocycles. The van der Waals surface area contributed by atoms with E-state index >= 15 is 0 Å². The maximum absolute atomic E-state index is 5.39. The van der Waals surface area contributed by atoms with Crippen molar-refractivity contribution in [1.82, 2.24) is 9.97 Å². The van der Waals surface area contributed by atoms with Crippen LogP contribution in [-0.2, 0) is 4.74 Å². The lowest BCUT2D eigenvalue weighted by atomic mass is 10.1. The van der Waals surface area contributed by atoms with E-state index in [1.165, 1.54) is 5.69 Å². The zero-order valence-corrected chi connectivity index (χ0v) is 12.7. The van der Waals surface area contributed by atoms with E-state index in [1.54, 1.807) is 6.20 Å². The molecule has 1 saturated heterocycles. The smallest absolute Gasteiger partial charge is 0.138 e. The molecule has 1 aliphatic rings. The van der Waals surface area contributed by atoms with E-state index in [4.69, 9.17) is 4.74 Å². The van der Waals surface area contributed by atoms with E-state index in [1.807, 2.05) is 18.3 Å². The second-order valence-corrected chi connectivity index (χ2v) is 5.49. The van der Waals surface area contributed by atoms with Gasteiger partial charge >= 0.3 is 0 Å². The summed E-state index contributed by atoms with van der Waals surface area (Å²) >= 11 is 0. The summed E-state index contributed by atoms with van der Waals surface area (Å²) in [6.45, 7) is 3.51. The Morgan fingerprint density at radius 1 is 1.00 bits per heavy atom. The Morgan fingerprint density at radius 3 is 2.65 bits per heavy atom. The average Bonchev–Trinajstić information content (AvgIpc) is 3.10. The van der Waals surface area contributed by atoms with Gasteiger partial charge in [-0.25, -0.2) is 4.98 Å². The average molecular weight is 303 g/mol. The molecule has 2 aromatic heterocycles. The molecule has 23 heavy (non-hydrogen) atoms. The van der Waals surface area contributed by atoms with Crippen molar-refractivity contribution in [1.29, 1.82) is 0 Å². The normalized spacial score (nSPS) is 14.5. The number of hydrogen-bond acceptors (Lipinski definition) is 3. The van der Waals surface area contributed by atoms with E-state index in [2.05, 4.69) is 51.0 Å². The van der Waals surface area contributed by atoms with Crippen molar-refractivity contribution in [2.24, 2.45) is 0 Å². The summed E-state index contributed by atoms with van der Waals surface area (Å²) < 4.78 is 5.39. The van der Waals surface area contributed by atoms with E-state index in [-0.39, 0.29) is 0 Å². The summed E-state index contributed by atoms with van der Waals surface area (Å²) in [7, 11) is 0. The predicted molar refractivity (Wildman–Crippen MR) is 91.5 cm³/mol. The van der Waals surface area contributed by atoms with Crippen molar-refractivity contribution in [2.45, 2.75) is 0 Å². The third kappa shape index (κ3) is 2.92. The number of anilines is 1. The SMILES string of the molecule is C(#Cc1ccnc2[nH]ccc12)c1ccc(N2CCOCC2)cc1. The molecule has 0 atom stereocenters. The number of nitrogens with zero attached hydrogens (tertiary/aromatic N) is 2. The minimum absolute atomic E-state index is 0.802. The number of aromatic amines is 1. The van der Waals surface area contributed by atoms with Gasteiger partial charge in [0.2, 0.25) is 0 Å². The number of benzene rings is 1. The van der Waals surface area contributed by atoms with Gasteiger partial charge in [-0.3, -0.25) is 0 Å². The Bertz CT molecular complexity index is 865. The molecule has 4 rings (SSSR count). The van der Waals surface area contributed by atoms with E-state index < -0.39 is 0 Å². The van der Waals surface area contributed by atoms with E-state index in [0.717, 1.165) is 48.5 Å². The summed E-state index contributed by atoms with van der Waals surface area (Å²) in [5, 5.41) is 1.06. The fraction of sp³-hybridized carbons (Fsp3) is 0.211. The van der Waals surface area contributed by atoms with Crippen LogP contribution < -0.4 is 4.90 Å². The maximum atomic E-state index is 5.39. The Kier molecular flexibility index (Phi) is 3.71. The first-order valence-electron chi connectivity index (χ1n) is 7.77. The van der Waals surface area contributed by atoms with Gasteiger partial charge < -0.3 is 14.6 Å². The number of morpholine rings is 1. The van der Waals surface area contributed by atoms with Gasteiger partial charge in [-0.2, -0.15) is 0 Å². The molecule has 0 spiro atoms. The van der Waals surface area contributed by atoms with Crippen LogP contribution in [0.15, 0.2) is 48.8 Å². The van der Waals surface area contributed by atoms with Crippen LogP contribution >= 0.6 is 0 Å². The summed E-state index contributed by atoms with van der Waals surface area (Å²) in [6.07, 6.45) is 3.67. The molecule has 0 amide bonds. The number of nitrogens with one attached hydrogen (secondary N) is 1. The lowest BCUT2D eigenvalue weighted by molar-refractivity contribution is 0.122. The van der Waals surface area contributed by atoms with Crippen LogP contribution in [-0.4, -0.2) is 36.3 Å². The highest BCUT2D eigenvalue weighted by Crippen LogP contribution is 2.17.